The Hall–Kier alpha value is -2.07. The van der Waals surface area contributed by atoms with E-state index in [4.69, 9.17) is 5.53 Å². The Labute approximate surface area is 83.7 Å². The van der Waals surface area contributed by atoms with Gasteiger partial charge >= 0.3 is 11.7 Å². The van der Waals surface area contributed by atoms with Crippen LogP contribution in [0.3, 0.4) is 0 Å². The maximum absolute atomic E-state index is 13.2. The summed E-state index contributed by atoms with van der Waals surface area (Å²) in [7, 11) is 1.03. The molecule has 0 saturated carbocycles. The Morgan fingerprint density at radius 1 is 1.47 bits per heavy atom. The number of hydrogen-bond donors (Lipinski definition) is 0. The fraction of sp³-hybridized carbons (Fsp3) is 0.111. The molecule has 0 aromatic heterocycles. The van der Waals surface area contributed by atoms with Gasteiger partial charge in [0, 0.05) is 0 Å². The van der Waals surface area contributed by atoms with Gasteiger partial charge in [0.05, 0.1) is 7.11 Å². The molecule has 1 aromatic carbocycles. The molecule has 15 heavy (non-hydrogen) atoms. The van der Waals surface area contributed by atoms with E-state index in [-0.39, 0.29) is 0 Å². The minimum atomic E-state index is -1.27. The number of methoxy groups -OCH3 is 1. The molecule has 0 amide bonds. The van der Waals surface area contributed by atoms with Crippen LogP contribution in [0, 0.1) is 11.6 Å². The van der Waals surface area contributed by atoms with Crippen LogP contribution in [0.1, 0.15) is 5.56 Å². The average Bonchev–Trinajstić information content (AvgIpc) is 2.24. The number of nitrogens with zero attached hydrogens (tertiary/aromatic N) is 2. The van der Waals surface area contributed by atoms with Crippen molar-refractivity contribution < 1.29 is 23.1 Å². The molecule has 0 aliphatic carbocycles. The van der Waals surface area contributed by atoms with Crippen LogP contribution in [0.15, 0.2) is 18.2 Å². The van der Waals surface area contributed by atoms with Crippen molar-refractivity contribution in [2.75, 3.05) is 7.11 Å². The van der Waals surface area contributed by atoms with Crippen LogP contribution in [0.5, 0.6) is 0 Å². The smallest absolute Gasteiger partial charge is 0.422 e. The highest BCUT2D eigenvalue weighted by Gasteiger charge is 2.28. The molecule has 0 fully saturated rings. The predicted molar refractivity (Wildman–Crippen MR) is 46.1 cm³/mol. The minimum absolute atomic E-state index is 0.454. The van der Waals surface area contributed by atoms with Crippen LogP contribution in [0.2, 0.25) is 0 Å². The Morgan fingerprint density at radius 2 is 2.13 bits per heavy atom. The van der Waals surface area contributed by atoms with Crippen LogP contribution in [-0.2, 0) is 9.53 Å². The summed E-state index contributed by atoms with van der Waals surface area (Å²) in [5.41, 5.74) is 7.35. The fourth-order valence-corrected chi connectivity index (χ4v) is 0.988. The lowest BCUT2D eigenvalue weighted by molar-refractivity contribution is -0.137. The van der Waals surface area contributed by atoms with Crippen molar-refractivity contribution in [1.82, 2.24) is 0 Å². The highest BCUT2D eigenvalue weighted by molar-refractivity contribution is 6.40. The van der Waals surface area contributed by atoms with Crippen LogP contribution < -0.4 is 0 Å². The summed E-state index contributed by atoms with van der Waals surface area (Å²) in [5, 5.41) is 0. The van der Waals surface area contributed by atoms with Crippen LogP contribution in [0.4, 0.5) is 8.78 Å². The Bertz CT molecular complexity index is 453. The highest BCUT2D eigenvalue weighted by atomic mass is 19.2. The van der Waals surface area contributed by atoms with Gasteiger partial charge in [-0.05, 0) is 12.1 Å². The first-order valence-electron chi connectivity index (χ1n) is 3.86. The van der Waals surface area contributed by atoms with E-state index in [9.17, 15) is 13.6 Å². The summed E-state index contributed by atoms with van der Waals surface area (Å²) in [6.07, 6.45) is 0. The summed E-state index contributed by atoms with van der Waals surface area (Å²) < 4.78 is 30.2. The van der Waals surface area contributed by atoms with Gasteiger partial charge in [-0.2, -0.15) is 4.79 Å². The molecular formula is C9H6F2N2O2. The quantitative estimate of drug-likeness (QED) is 0.319. The molecule has 0 heterocycles. The third-order valence-electron chi connectivity index (χ3n) is 1.69. The largest absolute Gasteiger partial charge is 0.460 e. The maximum atomic E-state index is 13.2. The van der Waals surface area contributed by atoms with Gasteiger partial charge in [0.25, 0.3) is 0 Å². The van der Waals surface area contributed by atoms with Crippen LogP contribution >= 0.6 is 0 Å². The van der Waals surface area contributed by atoms with Gasteiger partial charge in [-0.15, -0.1) is 0 Å². The first-order valence-corrected chi connectivity index (χ1v) is 3.86. The van der Waals surface area contributed by atoms with Gasteiger partial charge in [0.1, 0.15) is 5.56 Å². The second kappa shape index (κ2) is 4.43. The third kappa shape index (κ3) is 2.05. The number of carbonyl (C=O) groups excluding carboxylic acids is 1. The van der Waals surface area contributed by atoms with Crippen molar-refractivity contribution in [3.8, 4) is 0 Å². The Kier molecular flexibility index (Phi) is 3.25. The zero-order chi connectivity index (χ0) is 11.4. The number of halogens is 2. The lowest BCUT2D eigenvalue weighted by Crippen LogP contribution is -2.20. The van der Waals surface area contributed by atoms with E-state index >= 15 is 0 Å². The third-order valence-corrected chi connectivity index (χ3v) is 1.69. The molecule has 0 unspecified atom stereocenters. The number of hydrogen-bond acceptors (Lipinski definition) is 2. The van der Waals surface area contributed by atoms with Crippen molar-refractivity contribution in [3.05, 3.63) is 40.9 Å². The van der Waals surface area contributed by atoms with E-state index in [1.165, 1.54) is 6.07 Å². The molecule has 4 nitrogen and oxygen atoms in total. The molecule has 0 saturated heterocycles. The molecule has 6 heteroatoms. The second-order valence-electron chi connectivity index (χ2n) is 2.54. The Balaban J connectivity index is 3.32. The van der Waals surface area contributed by atoms with Gasteiger partial charge in [-0.25, -0.2) is 13.6 Å². The molecule has 0 bridgehead atoms. The molecule has 0 aliphatic rings. The zero-order valence-electron chi connectivity index (χ0n) is 7.70. The van der Waals surface area contributed by atoms with E-state index < -0.39 is 28.9 Å². The van der Waals surface area contributed by atoms with E-state index in [2.05, 4.69) is 9.53 Å². The predicted octanol–water partition coefficient (Wildman–Crippen LogP) is 1.16. The van der Waals surface area contributed by atoms with Crippen molar-refractivity contribution in [1.29, 1.82) is 0 Å². The number of rotatable bonds is 2. The fourth-order valence-electron chi connectivity index (χ4n) is 0.988. The first kappa shape index (κ1) is 11.0. The number of benzene rings is 1. The van der Waals surface area contributed by atoms with Crippen LogP contribution in [-0.4, -0.2) is 23.6 Å². The number of carbonyl (C=O) groups is 1. The number of esters is 1. The topological polar surface area (TPSA) is 62.7 Å². The van der Waals surface area contributed by atoms with E-state index in [1.807, 2.05) is 0 Å². The van der Waals surface area contributed by atoms with E-state index in [0.29, 0.717) is 0 Å². The normalized spacial score (nSPS) is 9.27. The first-order chi connectivity index (χ1) is 7.11. The summed E-state index contributed by atoms with van der Waals surface area (Å²) in [5.74, 6) is -3.46. The van der Waals surface area contributed by atoms with E-state index in [1.54, 1.807) is 0 Å². The van der Waals surface area contributed by atoms with Gasteiger partial charge in [-0.3, -0.25) is 0 Å². The van der Waals surface area contributed by atoms with Gasteiger partial charge in [-0.1, -0.05) is 6.07 Å². The van der Waals surface area contributed by atoms with Crippen molar-refractivity contribution in [2.45, 2.75) is 0 Å². The molecule has 0 N–H and O–H groups in total. The summed E-state index contributed by atoms with van der Waals surface area (Å²) in [4.78, 5) is 13.6. The monoisotopic (exact) mass is 212 g/mol. The SMILES string of the molecule is COC(=O)C(=[N+]=[N-])c1cccc(F)c1F. The molecule has 1 aromatic rings. The molecule has 0 aliphatic heterocycles. The maximum Gasteiger partial charge on any atom is 0.422 e. The summed E-state index contributed by atoms with van der Waals surface area (Å²) >= 11 is 0. The van der Waals surface area contributed by atoms with Crippen LogP contribution in [0.25, 0.3) is 5.53 Å². The molecule has 0 spiro atoms. The highest BCUT2D eigenvalue weighted by Crippen LogP contribution is 2.12. The zero-order valence-corrected chi connectivity index (χ0v) is 7.70. The van der Waals surface area contributed by atoms with Crippen molar-refractivity contribution in [3.63, 3.8) is 0 Å². The molecule has 0 radical (unpaired) electrons. The van der Waals surface area contributed by atoms with Crippen molar-refractivity contribution >= 4 is 11.7 Å². The van der Waals surface area contributed by atoms with Gasteiger partial charge in [0.2, 0.25) is 0 Å². The average molecular weight is 212 g/mol. The molecule has 1 rings (SSSR count). The standard InChI is InChI=1S/C9H6F2N2O2/c1-15-9(14)8(13-12)5-3-2-4-6(10)7(5)11/h2-4H,1H3. The minimum Gasteiger partial charge on any atom is -0.460 e. The Morgan fingerprint density at radius 3 is 2.67 bits per heavy atom. The number of ether oxygens (including phenoxy) is 1. The lowest BCUT2D eigenvalue weighted by atomic mass is 10.1. The molecule has 0 atom stereocenters. The second-order valence-corrected chi connectivity index (χ2v) is 2.54. The lowest BCUT2D eigenvalue weighted by Gasteiger charge is -1.97. The summed E-state index contributed by atoms with van der Waals surface area (Å²) in [6, 6.07) is 3.16. The van der Waals surface area contributed by atoms with Crippen molar-refractivity contribution in [2.24, 2.45) is 0 Å². The summed E-state index contributed by atoms with van der Waals surface area (Å²) in [6.45, 7) is 0. The molecule has 78 valence electrons. The van der Waals surface area contributed by atoms with Gasteiger partial charge in [0.15, 0.2) is 11.6 Å². The van der Waals surface area contributed by atoms with E-state index in [0.717, 1.165) is 19.2 Å². The van der Waals surface area contributed by atoms with Gasteiger partial charge < -0.3 is 10.3 Å². The molecular weight excluding hydrogens is 206 g/mol.